The Bertz CT molecular complexity index is 1170. The van der Waals surface area contributed by atoms with E-state index in [4.69, 9.17) is 6.57 Å². The molecule has 2 heterocycles. The highest BCUT2D eigenvalue weighted by molar-refractivity contribution is 5.98. The number of carbonyl (C=O) groups excluding carboxylic acids is 1. The Hall–Kier alpha value is -2.62. The van der Waals surface area contributed by atoms with Crippen LogP contribution in [-0.2, 0) is 10.3 Å². The summed E-state index contributed by atoms with van der Waals surface area (Å²) in [7, 11) is 0. The summed E-state index contributed by atoms with van der Waals surface area (Å²) in [6.07, 6.45) is 19.0. The summed E-state index contributed by atoms with van der Waals surface area (Å²) in [4.78, 5) is 22.1. The average molecular weight is 528 g/mol. The molecule has 1 unspecified atom stereocenters. The number of anilines is 1. The van der Waals surface area contributed by atoms with Gasteiger partial charge in [-0.2, -0.15) is 0 Å². The van der Waals surface area contributed by atoms with E-state index in [1.165, 1.54) is 80.9 Å². The van der Waals surface area contributed by atoms with Gasteiger partial charge < -0.3 is 20.4 Å². The first-order valence-electron chi connectivity index (χ1n) is 15.5. The summed E-state index contributed by atoms with van der Waals surface area (Å²) in [5, 5.41) is 6.36. The second-order valence-corrected chi connectivity index (χ2v) is 12.7. The van der Waals surface area contributed by atoms with Crippen molar-refractivity contribution in [2.75, 3.05) is 38.0 Å². The largest absolute Gasteiger partial charge is 0.365 e. The maximum Gasteiger partial charge on any atom is 0.268 e. The highest BCUT2D eigenvalue weighted by atomic mass is 16.2. The third-order valence-corrected chi connectivity index (χ3v) is 10.7. The smallest absolute Gasteiger partial charge is 0.268 e. The Labute approximate surface area is 234 Å². The molecule has 0 bridgehead atoms. The molecule has 0 radical (unpaired) electrons. The average Bonchev–Trinajstić information content (AvgIpc) is 3.76. The van der Waals surface area contributed by atoms with Crippen molar-refractivity contribution < 1.29 is 4.79 Å². The summed E-state index contributed by atoms with van der Waals surface area (Å²) < 4.78 is 0. The molecule has 208 valence electrons. The number of piperazine rings is 1. The van der Waals surface area contributed by atoms with E-state index in [0.717, 1.165) is 44.8 Å². The van der Waals surface area contributed by atoms with Gasteiger partial charge >= 0.3 is 0 Å². The van der Waals surface area contributed by atoms with Crippen LogP contribution in [0.1, 0.15) is 95.1 Å². The second-order valence-electron chi connectivity index (χ2n) is 12.7. The lowest BCUT2D eigenvalue weighted by Gasteiger charge is -2.46. The molecule has 5 aliphatic rings. The first-order valence-corrected chi connectivity index (χ1v) is 15.5. The third kappa shape index (κ3) is 5.16. The highest BCUT2D eigenvalue weighted by Crippen LogP contribution is 2.51. The van der Waals surface area contributed by atoms with Gasteiger partial charge in [0.05, 0.1) is 0 Å². The molecule has 0 aromatic heterocycles. The van der Waals surface area contributed by atoms with E-state index in [1.54, 1.807) is 0 Å². The number of hydrogen-bond donors (Lipinski definition) is 2. The molecule has 39 heavy (non-hydrogen) atoms. The number of benzene rings is 1. The Kier molecular flexibility index (Phi) is 7.57. The van der Waals surface area contributed by atoms with Crippen molar-refractivity contribution in [3.63, 3.8) is 0 Å². The summed E-state index contributed by atoms with van der Waals surface area (Å²) in [5.41, 5.74) is 5.64. The number of nitrogens with one attached hydrogen (secondary N) is 2. The predicted octanol–water partition coefficient (Wildman–Crippen LogP) is 6.28. The van der Waals surface area contributed by atoms with Crippen LogP contribution in [0.25, 0.3) is 10.4 Å². The lowest BCUT2D eigenvalue weighted by molar-refractivity contribution is -0.117. The maximum absolute atomic E-state index is 13.3. The zero-order valence-electron chi connectivity index (χ0n) is 23.7. The van der Waals surface area contributed by atoms with Gasteiger partial charge in [-0.15, -0.1) is 0 Å². The highest BCUT2D eigenvalue weighted by Gasteiger charge is 2.43. The van der Waals surface area contributed by atoms with E-state index in [-0.39, 0.29) is 17.5 Å². The van der Waals surface area contributed by atoms with Crippen LogP contribution < -0.4 is 10.6 Å². The zero-order chi connectivity index (χ0) is 26.9. The summed E-state index contributed by atoms with van der Waals surface area (Å²) >= 11 is 0. The number of allylic oxidation sites excluding steroid dienone is 2. The predicted molar refractivity (Wildman–Crippen MR) is 158 cm³/mol. The zero-order valence-corrected chi connectivity index (χ0v) is 23.7. The van der Waals surface area contributed by atoms with E-state index >= 15 is 0 Å². The monoisotopic (exact) mass is 527 g/mol. The molecule has 2 saturated carbocycles. The minimum Gasteiger partial charge on any atom is -0.365 e. The molecule has 1 spiro atoms. The Morgan fingerprint density at radius 3 is 2.44 bits per heavy atom. The van der Waals surface area contributed by atoms with Crippen LogP contribution >= 0.6 is 0 Å². The van der Waals surface area contributed by atoms with Crippen LogP contribution in [0.4, 0.5) is 5.69 Å². The number of hydrogen-bond acceptors (Lipinski definition) is 4. The molecule has 6 rings (SSSR count). The van der Waals surface area contributed by atoms with Crippen LogP contribution in [0.2, 0.25) is 0 Å². The minimum atomic E-state index is -0.375. The van der Waals surface area contributed by atoms with Crippen molar-refractivity contribution in [2.24, 2.45) is 5.41 Å². The van der Waals surface area contributed by atoms with Crippen LogP contribution in [0.5, 0.6) is 0 Å². The van der Waals surface area contributed by atoms with Gasteiger partial charge in [0, 0.05) is 49.4 Å². The molecule has 1 aromatic carbocycles. The fraction of sp³-hybridized carbons (Fsp3) is 0.636. The summed E-state index contributed by atoms with van der Waals surface area (Å²) in [5.74, 6) is 0.433. The molecule has 3 fully saturated rings. The first-order chi connectivity index (χ1) is 19.0. The first kappa shape index (κ1) is 26.6. The third-order valence-electron chi connectivity index (χ3n) is 10.7. The van der Waals surface area contributed by atoms with Crippen molar-refractivity contribution in [2.45, 2.75) is 95.6 Å². The molecule has 2 aliphatic heterocycles. The lowest BCUT2D eigenvalue weighted by atomic mass is 9.72. The quantitative estimate of drug-likeness (QED) is 0.428. The Morgan fingerprint density at radius 2 is 1.79 bits per heavy atom. The number of rotatable bonds is 6. The van der Waals surface area contributed by atoms with Crippen molar-refractivity contribution in [1.29, 1.82) is 0 Å². The van der Waals surface area contributed by atoms with E-state index in [9.17, 15) is 4.79 Å². The molecule has 6 nitrogen and oxygen atoms in total. The molecule has 1 saturated heterocycles. The van der Waals surface area contributed by atoms with Gasteiger partial charge in [-0.05, 0) is 80.2 Å². The van der Waals surface area contributed by atoms with Gasteiger partial charge in [-0.3, -0.25) is 9.69 Å². The van der Waals surface area contributed by atoms with E-state index in [1.807, 2.05) is 6.08 Å². The molecule has 1 aromatic rings. The fourth-order valence-electron chi connectivity index (χ4n) is 8.21. The van der Waals surface area contributed by atoms with Gasteiger partial charge in [-0.1, -0.05) is 57.4 Å². The van der Waals surface area contributed by atoms with Crippen LogP contribution in [0.15, 0.2) is 36.2 Å². The molecule has 6 heteroatoms. The lowest BCUT2D eigenvalue weighted by Crippen LogP contribution is -2.54. The van der Waals surface area contributed by atoms with Crippen molar-refractivity contribution in [1.82, 2.24) is 15.1 Å². The number of amides is 1. The molecule has 1 amide bonds. The summed E-state index contributed by atoms with van der Waals surface area (Å²) in [6.45, 7) is 15.3. The topological polar surface area (TPSA) is 52.0 Å². The van der Waals surface area contributed by atoms with Crippen molar-refractivity contribution in [3.05, 3.63) is 58.7 Å². The molecule has 1 atom stereocenters. The van der Waals surface area contributed by atoms with Crippen molar-refractivity contribution >= 4 is 17.2 Å². The number of carbonyl (C=O) groups is 1. The van der Waals surface area contributed by atoms with Crippen LogP contribution in [-0.4, -0.2) is 54.5 Å². The van der Waals surface area contributed by atoms with Gasteiger partial charge in [0.15, 0.2) is 6.04 Å². The maximum atomic E-state index is 13.3. The SMILES string of the molecule is [C-]#[N+]C1=CCC(C(=O)Nc2ccc(C3(N4CCN(CC)CC4)CCCC3)cc2C2=CCC3(CCCC3)CC2)N1. The van der Waals surface area contributed by atoms with Crippen LogP contribution in [0.3, 0.4) is 0 Å². The van der Waals surface area contributed by atoms with Gasteiger partial charge in [0.1, 0.15) is 0 Å². The molecular weight excluding hydrogens is 482 g/mol. The van der Waals surface area contributed by atoms with Gasteiger partial charge in [0.2, 0.25) is 5.82 Å². The fourth-order valence-corrected chi connectivity index (χ4v) is 8.21. The van der Waals surface area contributed by atoms with E-state index < -0.39 is 0 Å². The van der Waals surface area contributed by atoms with Crippen LogP contribution in [0, 0.1) is 12.0 Å². The minimum absolute atomic E-state index is 0.0474. The van der Waals surface area contributed by atoms with Gasteiger partial charge in [-0.25, -0.2) is 0 Å². The number of likely N-dealkylation sites (N-methyl/N-ethyl adjacent to an activating group) is 1. The Morgan fingerprint density at radius 1 is 1.05 bits per heavy atom. The standard InChI is InChI=1S/C33H45N5O/c1-3-37-20-22-38(23-21-37)33(16-6-7-17-33)26-8-9-28(36-31(39)29-10-11-30(34-2)35-29)27(24-26)25-12-18-32(19-13-25)14-4-5-15-32/h8-9,11-12,24,29,35H,3-7,10,13-23H2,1H3,(H,36,39). The van der Waals surface area contributed by atoms with Gasteiger partial charge in [0.25, 0.3) is 5.91 Å². The Balaban J connectivity index is 1.31. The molecule has 2 N–H and O–H groups in total. The van der Waals surface area contributed by atoms with E-state index in [0.29, 0.717) is 17.7 Å². The second kappa shape index (κ2) is 11.1. The van der Waals surface area contributed by atoms with E-state index in [2.05, 4.69) is 56.5 Å². The molecule has 3 aliphatic carbocycles. The number of nitrogens with zero attached hydrogens (tertiary/aromatic N) is 3. The molecular formula is C33H45N5O. The summed E-state index contributed by atoms with van der Waals surface area (Å²) in [6, 6.07) is 6.57. The van der Waals surface area contributed by atoms with Crippen molar-refractivity contribution in [3.8, 4) is 0 Å². The normalized spacial score (nSPS) is 26.6.